The highest BCUT2D eigenvalue weighted by Gasteiger charge is 2.17. The average molecular weight is 280 g/mol. The van der Waals surface area contributed by atoms with Gasteiger partial charge in [0.2, 0.25) is 0 Å². The Morgan fingerprint density at radius 2 is 2.11 bits per heavy atom. The van der Waals surface area contributed by atoms with Crippen LogP contribution in [0.4, 0.5) is 0 Å². The van der Waals surface area contributed by atoms with Crippen LogP contribution < -0.4 is 5.32 Å². The Bertz CT molecular complexity index is 524. The lowest BCUT2D eigenvalue weighted by atomic mass is 10.1. The van der Waals surface area contributed by atoms with Gasteiger partial charge in [-0.15, -0.1) is 11.3 Å². The van der Waals surface area contributed by atoms with Crippen LogP contribution in [0.1, 0.15) is 17.8 Å². The van der Waals surface area contributed by atoms with E-state index in [2.05, 4.69) is 22.4 Å². The molecule has 0 saturated carbocycles. The van der Waals surface area contributed by atoms with Crippen LogP contribution in [0.25, 0.3) is 10.2 Å². The summed E-state index contributed by atoms with van der Waals surface area (Å²) in [7, 11) is -0.574. The molecular weight excluding hydrogens is 264 g/mol. The summed E-state index contributed by atoms with van der Waals surface area (Å²) >= 11 is 1.75. The van der Waals surface area contributed by atoms with Crippen molar-refractivity contribution in [1.29, 1.82) is 0 Å². The van der Waals surface area contributed by atoms with E-state index in [0.29, 0.717) is 6.04 Å². The summed E-state index contributed by atoms with van der Waals surface area (Å²) in [5.74, 6) is 1.69. The van der Waals surface area contributed by atoms with E-state index in [9.17, 15) is 4.21 Å². The number of nitrogens with one attached hydrogen (secondary N) is 1. The number of nitrogens with zero attached hydrogens (tertiary/aromatic N) is 1. The molecular formula is C13H16N2OS2. The van der Waals surface area contributed by atoms with E-state index in [4.69, 9.17) is 0 Å². The lowest BCUT2D eigenvalue weighted by Crippen LogP contribution is -2.35. The van der Waals surface area contributed by atoms with E-state index < -0.39 is 10.8 Å². The number of rotatable bonds is 3. The molecule has 1 aliphatic rings. The fourth-order valence-corrected chi connectivity index (χ4v) is 4.44. The molecule has 96 valence electrons. The van der Waals surface area contributed by atoms with Crippen molar-refractivity contribution < 1.29 is 4.21 Å². The summed E-state index contributed by atoms with van der Waals surface area (Å²) in [6.45, 7) is 0.830. The highest BCUT2D eigenvalue weighted by atomic mass is 32.2. The maximum absolute atomic E-state index is 11.3. The Morgan fingerprint density at radius 1 is 1.33 bits per heavy atom. The lowest BCUT2D eigenvalue weighted by molar-refractivity contribution is 0.475. The van der Waals surface area contributed by atoms with Crippen molar-refractivity contribution >= 4 is 32.4 Å². The van der Waals surface area contributed by atoms with Crippen LogP contribution in [-0.4, -0.2) is 26.7 Å². The zero-order valence-corrected chi connectivity index (χ0v) is 11.7. The van der Waals surface area contributed by atoms with E-state index in [1.165, 1.54) is 4.70 Å². The van der Waals surface area contributed by atoms with E-state index in [0.717, 1.165) is 41.4 Å². The van der Waals surface area contributed by atoms with Gasteiger partial charge in [-0.25, -0.2) is 4.98 Å². The van der Waals surface area contributed by atoms with Gasteiger partial charge in [0.1, 0.15) is 5.01 Å². The summed E-state index contributed by atoms with van der Waals surface area (Å²) in [6.07, 6.45) is 2.05. The first-order valence-electron chi connectivity index (χ1n) is 6.24. The van der Waals surface area contributed by atoms with Crippen LogP contribution in [0.2, 0.25) is 0 Å². The minimum absolute atomic E-state index is 0.509. The smallest absolute Gasteiger partial charge is 0.108 e. The fourth-order valence-electron chi connectivity index (χ4n) is 2.23. The Labute approximate surface area is 113 Å². The molecule has 3 rings (SSSR count). The zero-order chi connectivity index (χ0) is 12.4. The predicted molar refractivity (Wildman–Crippen MR) is 77.4 cm³/mol. The van der Waals surface area contributed by atoms with E-state index >= 15 is 0 Å². The number of aromatic nitrogens is 1. The number of hydrogen-bond donors (Lipinski definition) is 1. The van der Waals surface area contributed by atoms with Crippen LogP contribution in [0.15, 0.2) is 24.3 Å². The molecule has 1 aromatic carbocycles. The van der Waals surface area contributed by atoms with Crippen molar-refractivity contribution in [3.8, 4) is 0 Å². The van der Waals surface area contributed by atoms with Crippen molar-refractivity contribution in [2.24, 2.45) is 0 Å². The van der Waals surface area contributed by atoms with Crippen LogP contribution >= 0.6 is 11.3 Å². The molecule has 0 spiro atoms. The number of para-hydroxylation sites is 1. The van der Waals surface area contributed by atoms with E-state index in [1.54, 1.807) is 11.3 Å². The van der Waals surface area contributed by atoms with Crippen LogP contribution in [0, 0.1) is 0 Å². The number of thiazole rings is 1. The van der Waals surface area contributed by atoms with Crippen molar-refractivity contribution in [1.82, 2.24) is 10.3 Å². The largest absolute Gasteiger partial charge is 0.308 e. The van der Waals surface area contributed by atoms with Gasteiger partial charge in [0.15, 0.2) is 0 Å². The van der Waals surface area contributed by atoms with Gasteiger partial charge in [-0.2, -0.15) is 0 Å². The number of benzene rings is 1. The van der Waals surface area contributed by atoms with Crippen molar-refractivity contribution in [2.45, 2.75) is 25.4 Å². The van der Waals surface area contributed by atoms with Crippen molar-refractivity contribution in [2.75, 3.05) is 11.5 Å². The van der Waals surface area contributed by atoms with E-state index in [-0.39, 0.29) is 0 Å². The van der Waals surface area contributed by atoms with Crippen LogP contribution in [0.3, 0.4) is 0 Å². The van der Waals surface area contributed by atoms with Gasteiger partial charge in [-0.3, -0.25) is 4.21 Å². The highest BCUT2D eigenvalue weighted by molar-refractivity contribution is 7.85. The standard InChI is InChI=1S/C13H16N2OS2/c16-18-7-5-10(6-8-18)14-9-13-15-11-3-1-2-4-12(11)17-13/h1-4,10,14H,5-9H2. The van der Waals surface area contributed by atoms with Crippen molar-refractivity contribution in [3.05, 3.63) is 29.3 Å². The SMILES string of the molecule is O=S1CCC(NCc2nc3ccccc3s2)CC1. The minimum Gasteiger partial charge on any atom is -0.308 e. The molecule has 0 aliphatic carbocycles. The van der Waals surface area contributed by atoms with Gasteiger partial charge >= 0.3 is 0 Å². The number of hydrogen-bond acceptors (Lipinski definition) is 4. The maximum atomic E-state index is 11.3. The van der Waals surface area contributed by atoms with Gasteiger partial charge in [-0.05, 0) is 25.0 Å². The van der Waals surface area contributed by atoms with Crippen molar-refractivity contribution in [3.63, 3.8) is 0 Å². The molecule has 0 amide bonds. The van der Waals surface area contributed by atoms with Crippen LogP contribution in [-0.2, 0) is 17.3 Å². The first-order valence-corrected chi connectivity index (χ1v) is 8.54. The second-order valence-corrected chi connectivity index (χ2v) is 7.39. The lowest BCUT2D eigenvalue weighted by Gasteiger charge is -2.21. The van der Waals surface area contributed by atoms with Gasteiger partial charge in [0, 0.05) is 34.9 Å². The van der Waals surface area contributed by atoms with Gasteiger partial charge in [-0.1, -0.05) is 12.1 Å². The molecule has 3 nitrogen and oxygen atoms in total. The molecule has 2 heterocycles. The Kier molecular flexibility index (Phi) is 3.72. The Morgan fingerprint density at radius 3 is 2.89 bits per heavy atom. The zero-order valence-electron chi connectivity index (χ0n) is 10.1. The maximum Gasteiger partial charge on any atom is 0.108 e. The molecule has 0 radical (unpaired) electrons. The molecule has 18 heavy (non-hydrogen) atoms. The second kappa shape index (κ2) is 5.47. The third-order valence-electron chi connectivity index (χ3n) is 3.27. The summed E-state index contributed by atoms with van der Waals surface area (Å²) in [4.78, 5) is 4.61. The van der Waals surface area contributed by atoms with Gasteiger partial charge in [0.25, 0.3) is 0 Å². The quantitative estimate of drug-likeness (QED) is 0.938. The Balaban J connectivity index is 1.61. The van der Waals surface area contributed by atoms with E-state index in [1.807, 2.05) is 12.1 Å². The molecule has 1 aliphatic heterocycles. The number of fused-ring (bicyclic) bond motifs is 1. The highest BCUT2D eigenvalue weighted by Crippen LogP contribution is 2.21. The molecule has 0 bridgehead atoms. The first kappa shape index (κ1) is 12.3. The van der Waals surface area contributed by atoms with Gasteiger partial charge in [0.05, 0.1) is 10.2 Å². The summed E-state index contributed by atoms with van der Waals surface area (Å²) < 4.78 is 12.5. The molecule has 1 fully saturated rings. The first-order chi connectivity index (χ1) is 8.81. The molecule has 1 N–H and O–H groups in total. The molecule has 1 aromatic heterocycles. The minimum atomic E-state index is -0.574. The third-order valence-corrected chi connectivity index (χ3v) is 5.69. The fraction of sp³-hybridized carbons (Fsp3) is 0.462. The molecule has 5 heteroatoms. The molecule has 2 aromatic rings. The summed E-state index contributed by atoms with van der Waals surface area (Å²) in [5, 5.41) is 4.67. The normalized spacial score (nSPS) is 24.4. The third kappa shape index (κ3) is 2.79. The van der Waals surface area contributed by atoms with Gasteiger partial charge < -0.3 is 5.32 Å². The monoisotopic (exact) mass is 280 g/mol. The second-order valence-electron chi connectivity index (χ2n) is 4.58. The summed E-state index contributed by atoms with van der Waals surface area (Å²) in [6, 6.07) is 8.75. The molecule has 0 atom stereocenters. The summed E-state index contributed by atoms with van der Waals surface area (Å²) in [5.41, 5.74) is 1.09. The molecule has 0 unspecified atom stereocenters. The molecule has 1 saturated heterocycles. The Hall–Kier alpha value is -0.780. The van der Waals surface area contributed by atoms with Crippen LogP contribution in [0.5, 0.6) is 0 Å². The average Bonchev–Trinajstić information content (AvgIpc) is 2.81. The predicted octanol–water partition coefficient (Wildman–Crippen LogP) is 2.30. The topological polar surface area (TPSA) is 42.0 Å².